The van der Waals surface area contributed by atoms with Crippen molar-refractivity contribution in [2.45, 2.75) is 20.0 Å². The number of aryl methyl sites for hydroxylation is 2. The lowest BCUT2D eigenvalue weighted by Gasteiger charge is -2.16. The maximum Gasteiger partial charge on any atom is 0.145 e. The van der Waals surface area contributed by atoms with Crippen molar-refractivity contribution in [3.05, 3.63) is 51.7 Å². The average Bonchev–Trinajstić information content (AvgIpc) is 2.75. The highest BCUT2D eigenvalue weighted by molar-refractivity contribution is 7.12. The third-order valence-corrected chi connectivity index (χ3v) is 3.68. The van der Waals surface area contributed by atoms with Gasteiger partial charge in [0.2, 0.25) is 0 Å². The summed E-state index contributed by atoms with van der Waals surface area (Å²) in [5.41, 5.74) is 7.00. The molecule has 0 saturated heterocycles. The van der Waals surface area contributed by atoms with Crippen molar-refractivity contribution in [3.8, 4) is 5.75 Å². The maximum absolute atomic E-state index is 5.90. The Bertz CT molecular complexity index is 475. The minimum absolute atomic E-state index is 0.0450. The van der Waals surface area contributed by atoms with Gasteiger partial charge in [-0.1, -0.05) is 17.7 Å². The first-order valence-electron chi connectivity index (χ1n) is 5.69. The van der Waals surface area contributed by atoms with Crippen molar-refractivity contribution in [2.24, 2.45) is 5.73 Å². The normalized spacial score (nSPS) is 12.4. The van der Waals surface area contributed by atoms with E-state index in [2.05, 4.69) is 26.0 Å². The summed E-state index contributed by atoms with van der Waals surface area (Å²) in [4.78, 5) is 2.47. The van der Waals surface area contributed by atoms with Gasteiger partial charge in [0.05, 0.1) is 0 Å². The summed E-state index contributed by atoms with van der Waals surface area (Å²) in [6.45, 7) is 4.65. The molecule has 1 aromatic heterocycles. The Hall–Kier alpha value is -1.32. The van der Waals surface area contributed by atoms with E-state index in [-0.39, 0.29) is 6.10 Å². The van der Waals surface area contributed by atoms with Crippen molar-refractivity contribution < 1.29 is 4.74 Å². The van der Waals surface area contributed by atoms with E-state index in [0.29, 0.717) is 6.54 Å². The Labute approximate surface area is 106 Å². The van der Waals surface area contributed by atoms with Gasteiger partial charge in [0.25, 0.3) is 0 Å². The second kappa shape index (κ2) is 5.34. The zero-order valence-electron chi connectivity index (χ0n) is 10.1. The highest BCUT2D eigenvalue weighted by Gasteiger charge is 2.13. The van der Waals surface area contributed by atoms with Crippen molar-refractivity contribution >= 4 is 11.3 Å². The van der Waals surface area contributed by atoms with Crippen LogP contribution >= 0.6 is 11.3 Å². The molecular formula is C14H17NOS. The fourth-order valence-corrected chi connectivity index (χ4v) is 2.55. The van der Waals surface area contributed by atoms with E-state index in [1.54, 1.807) is 11.3 Å². The lowest BCUT2D eigenvalue weighted by atomic mass is 10.2. The third kappa shape index (κ3) is 3.08. The summed E-state index contributed by atoms with van der Waals surface area (Å²) >= 11 is 1.74. The number of benzene rings is 1. The molecule has 1 atom stereocenters. The fraction of sp³-hybridized carbons (Fsp3) is 0.286. The first-order chi connectivity index (χ1) is 8.19. The van der Waals surface area contributed by atoms with Crippen molar-refractivity contribution in [1.29, 1.82) is 0 Å². The summed E-state index contributed by atoms with van der Waals surface area (Å²) < 4.78 is 5.90. The van der Waals surface area contributed by atoms with E-state index in [0.717, 1.165) is 5.75 Å². The third-order valence-electron chi connectivity index (χ3n) is 2.59. The minimum atomic E-state index is -0.0450. The molecule has 0 spiro atoms. The van der Waals surface area contributed by atoms with Gasteiger partial charge in [-0.3, -0.25) is 0 Å². The molecule has 0 aliphatic carbocycles. The number of ether oxygens (including phenoxy) is 1. The average molecular weight is 247 g/mol. The van der Waals surface area contributed by atoms with Crippen molar-refractivity contribution in [1.82, 2.24) is 0 Å². The van der Waals surface area contributed by atoms with Crippen LogP contribution in [0.3, 0.4) is 0 Å². The number of hydrogen-bond donors (Lipinski definition) is 1. The van der Waals surface area contributed by atoms with Gasteiger partial charge in [0.1, 0.15) is 11.9 Å². The van der Waals surface area contributed by atoms with Crippen LogP contribution in [0.1, 0.15) is 21.4 Å². The van der Waals surface area contributed by atoms with Crippen LogP contribution in [0.25, 0.3) is 0 Å². The second-order valence-electron chi connectivity index (χ2n) is 4.10. The molecule has 1 heterocycles. The summed E-state index contributed by atoms with van der Waals surface area (Å²) in [5.74, 6) is 0.872. The van der Waals surface area contributed by atoms with Gasteiger partial charge in [-0.05, 0) is 38.1 Å². The summed E-state index contributed by atoms with van der Waals surface area (Å²) in [7, 11) is 0. The quantitative estimate of drug-likeness (QED) is 0.898. The standard InChI is InChI=1S/C14H17NOS/c1-10-3-6-12(7-4-10)16-13(9-15)14-8-5-11(2)17-14/h3-8,13H,9,15H2,1-2H3. The Balaban J connectivity index is 2.12. The first kappa shape index (κ1) is 12.1. The van der Waals surface area contributed by atoms with Crippen LogP contribution in [-0.2, 0) is 0 Å². The molecule has 2 nitrogen and oxygen atoms in total. The van der Waals surface area contributed by atoms with Crippen LogP contribution in [0.2, 0.25) is 0 Å². The van der Waals surface area contributed by atoms with E-state index in [1.807, 2.05) is 24.3 Å². The molecular weight excluding hydrogens is 230 g/mol. The molecule has 17 heavy (non-hydrogen) atoms. The van der Waals surface area contributed by atoms with Crippen LogP contribution in [0.5, 0.6) is 5.75 Å². The smallest absolute Gasteiger partial charge is 0.145 e. The van der Waals surface area contributed by atoms with E-state index >= 15 is 0 Å². The van der Waals surface area contributed by atoms with Gasteiger partial charge in [0.15, 0.2) is 0 Å². The molecule has 2 rings (SSSR count). The lowest BCUT2D eigenvalue weighted by Crippen LogP contribution is -2.17. The zero-order chi connectivity index (χ0) is 12.3. The predicted octanol–water partition coefficient (Wildman–Crippen LogP) is 3.44. The summed E-state index contributed by atoms with van der Waals surface area (Å²) in [6.07, 6.45) is -0.0450. The van der Waals surface area contributed by atoms with Crippen LogP contribution in [0.15, 0.2) is 36.4 Å². The lowest BCUT2D eigenvalue weighted by molar-refractivity contribution is 0.218. The first-order valence-corrected chi connectivity index (χ1v) is 6.50. The molecule has 2 N–H and O–H groups in total. The van der Waals surface area contributed by atoms with Gasteiger partial charge in [-0.15, -0.1) is 11.3 Å². The van der Waals surface area contributed by atoms with E-state index in [9.17, 15) is 0 Å². The van der Waals surface area contributed by atoms with Crippen LogP contribution in [0.4, 0.5) is 0 Å². The number of nitrogens with two attached hydrogens (primary N) is 1. The number of hydrogen-bond acceptors (Lipinski definition) is 3. The maximum atomic E-state index is 5.90. The molecule has 3 heteroatoms. The number of thiophene rings is 1. The molecule has 0 bridgehead atoms. The van der Waals surface area contributed by atoms with Crippen LogP contribution in [-0.4, -0.2) is 6.54 Å². The molecule has 0 aliphatic heterocycles. The molecule has 2 aromatic rings. The van der Waals surface area contributed by atoms with E-state index in [4.69, 9.17) is 10.5 Å². The van der Waals surface area contributed by atoms with E-state index in [1.165, 1.54) is 15.3 Å². The monoisotopic (exact) mass is 247 g/mol. The van der Waals surface area contributed by atoms with Crippen LogP contribution < -0.4 is 10.5 Å². The second-order valence-corrected chi connectivity index (χ2v) is 5.42. The molecule has 0 radical (unpaired) electrons. The predicted molar refractivity (Wildman–Crippen MR) is 72.7 cm³/mol. The fourth-order valence-electron chi connectivity index (χ4n) is 1.63. The van der Waals surface area contributed by atoms with Crippen LogP contribution in [0, 0.1) is 13.8 Å². The minimum Gasteiger partial charge on any atom is -0.484 e. The molecule has 1 unspecified atom stereocenters. The molecule has 0 aliphatic rings. The number of rotatable bonds is 4. The Kier molecular flexibility index (Phi) is 3.82. The summed E-state index contributed by atoms with van der Waals surface area (Å²) in [5, 5.41) is 0. The van der Waals surface area contributed by atoms with Gasteiger partial charge < -0.3 is 10.5 Å². The molecule has 0 fully saturated rings. The molecule has 0 amide bonds. The Morgan fingerprint density at radius 2 is 1.82 bits per heavy atom. The van der Waals surface area contributed by atoms with Crippen molar-refractivity contribution in [3.63, 3.8) is 0 Å². The van der Waals surface area contributed by atoms with Gasteiger partial charge in [0, 0.05) is 16.3 Å². The Morgan fingerprint density at radius 3 is 2.35 bits per heavy atom. The summed E-state index contributed by atoms with van der Waals surface area (Å²) in [6, 6.07) is 12.2. The highest BCUT2D eigenvalue weighted by Crippen LogP contribution is 2.27. The molecule has 90 valence electrons. The molecule has 1 aromatic carbocycles. The Morgan fingerprint density at radius 1 is 1.12 bits per heavy atom. The van der Waals surface area contributed by atoms with Crippen molar-refractivity contribution in [2.75, 3.05) is 6.54 Å². The molecule has 0 saturated carbocycles. The van der Waals surface area contributed by atoms with E-state index < -0.39 is 0 Å². The SMILES string of the molecule is Cc1ccc(OC(CN)c2ccc(C)s2)cc1. The van der Waals surface area contributed by atoms with Gasteiger partial charge in [-0.25, -0.2) is 0 Å². The highest BCUT2D eigenvalue weighted by atomic mass is 32.1. The largest absolute Gasteiger partial charge is 0.484 e. The topological polar surface area (TPSA) is 35.2 Å². The van der Waals surface area contributed by atoms with Gasteiger partial charge in [-0.2, -0.15) is 0 Å². The zero-order valence-corrected chi connectivity index (χ0v) is 11.0. The van der Waals surface area contributed by atoms with Gasteiger partial charge >= 0.3 is 0 Å².